The van der Waals surface area contributed by atoms with Gasteiger partial charge >= 0.3 is 6.09 Å². The Morgan fingerprint density at radius 3 is 2.38 bits per heavy atom. The normalized spacial score (nSPS) is 14.4. The number of nitrogens with one attached hydrogen (secondary N) is 2. The zero-order valence-electron chi connectivity index (χ0n) is 19.1. The summed E-state index contributed by atoms with van der Waals surface area (Å²) < 4.78 is 5.63. The number of likely N-dealkylation sites (tertiary alicyclic amines) is 1. The van der Waals surface area contributed by atoms with Crippen molar-refractivity contribution in [2.45, 2.75) is 39.2 Å². The smallest absolute Gasteiger partial charge is 0.399 e. The second-order valence-corrected chi connectivity index (χ2v) is 10.3. The van der Waals surface area contributed by atoms with Crippen molar-refractivity contribution in [1.29, 1.82) is 0 Å². The largest absolute Gasteiger partial charge is 0.414 e. The minimum atomic E-state index is -1.27. The molecule has 1 aromatic carbocycles. The Hall–Kier alpha value is -3.11. The molecule has 1 fully saturated rings. The summed E-state index contributed by atoms with van der Waals surface area (Å²) in [5.74, 6) is -1.11. The highest BCUT2D eigenvalue weighted by atomic mass is 35.5. The number of amides is 4. The summed E-state index contributed by atoms with van der Waals surface area (Å²) in [6.07, 6.45) is 0.326. The zero-order valence-corrected chi connectivity index (χ0v) is 20.7. The van der Waals surface area contributed by atoms with Crippen LogP contribution in [-0.4, -0.2) is 47.3 Å². The number of halogens is 1. The zero-order chi connectivity index (χ0) is 25.0. The lowest BCUT2D eigenvalue weighted by molar-refractivity contribution is -0.123. The van der Waals surface area contributed by atoms with Crippen molar-refractivity contribution in [3.63, 3.8) is 0 Å². The molecule has 0 spiro atoms. The van der Waals surface area contributed by atoms with Gasteiger partial charge in [-0.2, -0.15) is 0 Å². The van der Waals surface area contributed by atoms with Crippen molar-refractivity contribution in [2.24, 2.45) is 11.7 Å². The number of primary amides is 1. The van der Waals surface area contributed by atoms with Crippen LogP contribution in [0.3, 0.4) is 0 Å². The van der Waals surface area contributed by atoms with Gasteiger partial charge in [0, 0.05) is 30.3 Å². The van der Waals surface area contributed by atoms with E-state index in [-0.39, 0.29) is 17.7 Å². The van der Waals surface area contributed by atoms with Crippen molar-refractivity contribution in [3.8, 4) is 5.06 Å². The van der Waals surface area contributed by atoms with Crippen LogP contribution < -0.4 is 21.1 Å². The Morgan fingerprint density at radius 1 is 1.15 bits per heavy atom. The van der Waals surface area contributed by atoms with Crippen LogP contribution in [0.4, 0.5) is 10.5 Å². The Morgan fingerprint density at radius 2 is 1.82 bits per heavy atom. The summed E-state index contributed by atoms with van der Waals surface area (Å²) in [5.41, 5.74) is 5.79. The number of ether oxygens (including phenoxy) is 1. The average Bonchev–Trinajstić information content (AvgIpc) is 3.17. The quantitative estimate of drug-likeness (QED) is 0.551. The van der Waals surface area contributed by atoms with E-state index in [1.807, 2.05) is 0 Å². The maximum Gasteiger partial charge on any atom is 0.414 e. The fourth-order valence-electron chi connectivity index (χ4n) is 3.59. The van der Waals surface area contributed by atoms with Crippen LogP contribution in [0.2, 0.25) is 4.34 Å². The van der Waals surface area contributed by atoms with Crippen LogP contribution in [0.15, 0.2) is 30.3 Å². The minimum absolute atomic E-state index is 0.128. The number of rotatable bonds is 6. The molecular formula is C23H27ClN4O5S. The summed E-state index contributed by atoms with van der Waals surface area (Å²) >= 11 is 6.92. The first-order chi connectivity index (χ1) is 16.0. The Bertz CT molecular complexity index is 1110. The van der Waals surface area contributed by atoms with Crippen LogP contribution in [-0.2, 0) is 9.59 Å². The molecule has 9 nitrogen and oxygen atoms in total. The lowest BCUT2D eigenvalue weighted by atomic mass is 9.95. The number of anilines is 1. The predicted octanol–water partition coefficient (Wildman–Crippen LogP) is 3.55. The number of piperidine rings is 1. The molecule has 0 unspecified atom stereocenters. The highest BCUT2D eigenvalue weighted by molar-refractivity contribution is 7.17. The molecule has 1 aliphatic rings. The second kappa shape index (κ2) is 10.4. The van der Waals surface area contributed by atoms with E-state index in [4.69, 9.17) is 22.1 Å². The molecule has 34 heavy (non-hydrogen) atoms. The molecule has 0 radical (unpaired) electrons. The Labute approximate surface area is 206 Å². The standard InChI is InChI=1S/C23H27ClN4O5S/c1-13-12-15(4-5-16(13)20(30)28-10-8-14(9-11-28)19(25)29)26-21(31)23(2,3)27-22(32)33-18-7-6-17(24)34-18/h4-7,12,14H,8-11H2,1-3H3,(H2,25,29)(H,26,31)(H,27,32). The first-order valence-corrected chi connectivity index (χ1v) is 11.9. The van der Waals surface area contributed by atoms with Crippen molar-refractivity contribution in [2.75, 3.05) is 18.4 Å². The highest BCUT2D eigenvalue weighted by Gasteiger charge is 2.31. The molecule has 0 atom stereocenters. The van der Waals surface area contributed by atoms with Gasteiger partial charge in [-0.25, -0.2) is 4.79 Å². The monoisotopic (exact) mass is 506 g/mol. The maximum absolute atomic E-state index is 12.9. The molecule has 4 N–H and O–H groups in total. The fraction of sp³-hybridized carbons (Fsp3) is 0.391. The molecule has 182 valence electrons. The average molecular weight is 507 g/mol. The summed E-state index contributed by atoms with van der Waals surface area (Å²) in [6, 6.07) is 8.15. The van der Waals surface area contributed by atoms with Crippen molar-refractivity contribution in [3.05, 3.63) is 45.8 Å². The van der Waals surface area contributed by atoms with Crippen LogP contribution in [0.25, 0.3) is 0 Å². The molecule has 0 bridgehead atoms. The van der Waals surface area contributed by atoms with Gasteiger partial charge in [-0.15, -0.1) is 0 Å². The number of aryl methyl sites for hydroxylation is 1. The third kappa shape index (κ3) is 6.27. The number of carbonyl (C=O) groups is 4. The van der Waals surface area contributed by atoms with Gasteiger partial charge in [-0.3, -0.25) is 14.4 Å². The first-order valence-electron chi connectivity index (χ1n) is 10.7. The molecule has 0 saturated carbocycles. The third-order valence-electron chi connectivity index (χ3n) is 5.62. The van der Waals surface area contributed by atoms with Gasteiger partial charge in [0.05, 0.1) is 4.34 Å². The maximum atomic E-state index is 12.9. The van der Waals surface area contributed by atoms with Gasteiger partial charge in [0.15, 0.2) is 5.06 Å². The number of thiophene rings is 1. The number of benzene rings is 1. The predicted molar refractivity (Wildman–Crippen MR) is 130 cm³/mol. The van der Waals surface area contributed by atoms with Gasteiger partial charge in [0.25, 0.3) is 5.91 Å². The molecule has 2 aromatic rings. The number of hydrogen-bond acceptors (Lipinski definition) is 6. The lowest BCUT2D eigenvalue weighted by Crippen LogP contribution is -2.53. The van der Waals surface area contributed by atoms with E-state index in [1.54, 1.807) is 56.0 Å². The van der Waals surface area contributed by atoms with Crippen LogP contribution in [0, 0.1) is 12.8 Å². The topological polar surface area (TPSA) is 131 Å². The summed E-state index contributed by atoms with van der Waals surface area (Å²) in [6.45, 7) is 5.82. The lowest BCUT2D eigenvalue weighted by Gasteiger charge is -2.31. The Kier molecular flexibility index (Phi) is 7.83. The van der Waals surface area contributed by atoms with E-state index >= 15 is 0 Å². The van der Waals surface area contributed by atoms with Gasteiger partial charge < -0.3 is 26.0 Å². The van der Waals surface area contributed by atoms with E-state index in [1.165, 1.54) is 0 Å². The molecule has 1 saturated heterocycles. The van der Waals surface area contributed by atoms with E-state index in [0.29, 0.717) is 52.1 Å². The summed E-state index contributed by atoms with van der Waals surface area (Å²) in [7, 11) is 0. The number of nitrogens with two attached hydrogens (primary N) is 1. The summed E-state index contributed by atoms with van der Waals surface area (Å²) in [5, 5.41) is 5.60. The highest BCUT2D eigenvalue weighted by Crippen LogP contribution is 2.28. The first kappa shape index (κ1) is 25.5. The molecule has 4 amide bonds. The summed E-state index contributed by atoms with van der Waals surface area (Å²) in [4.78, 5) is 50.9. The van der Waals surface area contributed by atoms with Gasteiger partial charge in [-0.1, -0.05) is 22.9 Å². The molecule has 1 aliphatic heterocycles. The molecule has 3 rings (SSSR count). The third-order valence-corrected chi connectivity index (χ3v) is 6.73. The number of hydrogen-bond donors (Lipinski definition) is 3. The molecular weight excluding hydrogens is 480 g/mol. The molecule has 1 aromatic heterocycles. The van der Waals surface area contributed by atoms with E-state index < -0.39 is 17.5 Å². The van der Waals surface area contributed by atoms with Crippen LogP contribution in [0.5, 0.6) is 5.06 Å². The van der Waals surface area contributed by atoms with Gasteiger partial charge in [-0.05, 0) is 69.5 Å². The SMILES string of the molecule is Cc1cc(NC(=O)C(C)(C)NC(=O)Oc2ccc(Cl)s2)ccc1C(=O)N1CCC(C(N)=O)CC1. The van der Waals surface area contributed by atoms with Crippen molar-refractivity contribution < 1.29 is 23.9 Å². The van der Waals surface area contributed by atoms with Gasteiger partial charge in [0.1, 0.15) is 5.54 Å². The van der Waals surface area contributed by atoms with Crippen molar-refractivity contribution >= 4 is 52.4 Å². The van der Waals surface area contributed by atoms with E-state index in [9.17, 15) is 19.2 Å². The van der Waals surface area contributed by atoms with Crippen LogP contribution >= 0.6 is 22.9 Å². The van der Waals surface area contributed by atoms with E-state index in [2.05, 4.69) is 10.6 Å². The minimum Gasteiger partial charge on any atom is -0.399 e. The Balaban J connectivity index is 1.59. The molecule has 2 heterocycles. The number of carbonyl (C=O) groups excluding carboxylic acids is 4. The van der Waals surface area contributed by atoms with Crippen molar-refractivity contribution in [1.82, 2.24) is 10.2 Å². The van der Waals surface area contributed by atoms with Crippen LogP contribution in [0.1, 0.15) is 42.6 Å². The van der Waals surface area contributed by atoms with E-state index in [0.717, 1.165) is 11.3 Å². The second-order valence-electron chi connectivity index (χ2n) is 8.65. The molecule has 11 heteroatoms. The van der Waals surface area contributed by atoms with Gasteiger partial charge in [0.2, 0.25) is 11.8 Å². The fourth-order valence-corrected chi connectivity index (χ4v) is 4.46. The molecule has 0 aliphatic carbocycles. The number of nitrogens with zero attached hydrogens (tertiary/aromatic N) is 1.